The highest BCUT2D eigenvalue weighted by Gasteiger charge is 2.53. The van der Waals surface area contributed by atoms with Gasteiger partial charge in [0.1, 0.15) is 30.1 Å². The molecular weight excluding hydrogens is 949 g/mol. The number of hydrogen-bond acceptors (Lipinski definition) is 14. The minimum absolute atomic E-state index is 0.0151. The number of ether oxygens (including phenoxy) is 4. The van der Waals surface area contributed by atoms with Crippen LogP contribution in [0.2, 0.25) is 0 Å². The van der Waals surface area contributed by atoms with Gasteiger partial charge in [0.25, 0.3) is 11.8 Å². The van der Waals surface area contributed by atoms with Gasteiger partial charge in [0.2, 0.25) is 17.2 Å². The average molecular weight is 997 g/mol. The highest BCUT2D eigenvalue weighted by Crippen LogP contribution is 2.44. The van der Waals surface area contributed by atoms with E-state index in [-0.39, 0.29) is 69.7 Å². The van der Waals surface area contributed by atoms with Gasteiger partial charge >= 0.3 is 6.36 Å². The number of nitrogens with zero attached hydrogens (tertiary/aromatic N) is 6. The minimum atomic E-state index is -5.00. The number of aliphatic hydroxyl groups is 2. The summed E-state index contributed by atoms with van der Waals surface area (Å²) in [4.78, 5) is 67.5. The number of alkyl halides is 3. The molecule has 0 saturated carbocycles. The molecule has 22 heteroatoms. The third-order valence-electron chi connectivity index (χ3n) is 13.8. The van der Waals surface area contributed by atoms with Crippen molar-refractivity contribution in [2.75, 3.05) is 50.1 Å². The normalized spacial score (nSPS) is 19.3. The van der Waals surface area contributed by atoms with Crippen molar-refractivity contribution < 1.29 is 61.1 Å². The Morgan fingerprint density at radius 2 is 1.72 bits per heavy atom. The number of pyridine rings is 1. The maximum absolute atomic E-state index is 15.6. The third-order valence-corrected chi connectivity index (χ3v) is 13.8. The number of carbonyl (C=O) groups excluding carboxylic acids is 3. The number of fused-ring (bicyclic) bond motifs is 3. The maximum Gasteiger partial charge on any atom is 0.573 e. The summed E-state index contributed by atoms with van der Waals surface area (Å²) >= 11 is 0. The van der Waals surface area contributed by atoms with Crippen molar-refractivity contribution in [1.29, 1.82) is 0 Å². The fourth-order valence-corrected chi connectivity index (χ4v) is 10.1. The number of nitrogens with one attached hydrogen (secondary N) is 2. The SMILES string of the molecule is COc1cc2c(Oc3ccc(NC(=O)c4c(C)n(C)c5ccc(OC(F)(F)F)cc5c4=O)cc3F)ncnc2cc1OCCCC(=O)N1CC2(C1)CN(c1ccc3c(c1)CN(C1CCC(O)NC1O)C3=O)C2. The van der Waals surface area contributed by atoms with Crippen LogP contribution >= 0.6 is 0 Å². The van der Waals surface area contributed by atoms with Gasteiger partial charge < -0.3 is 53.7 Å². The number of aromatic nitrogens is 3. The number of piperidine rings is 1. The van der Waals surface area contributed by atoms with Crippen molar-refractivity contribution in [3.63, 3.8) is 0 Å². The van der Waals surface area contributed by atoms with Crippen LogP contribution in [-0.2, 0) is 18.4 Å². The van der Waals surface area contributed by atoms with Crippen molar-refractivity contribution in [1.82, 2.24) is 29.7 Å². The zero-order valence-electron chi connectivity index (χ0n) is 39.1. The Balaban J connectivity index is 0.713. The summed E-state index contributed by atoms with van der Waals surface area (Å²) in [6, 6.07) is 15.4. The Hall–Kier alpha value is -7.56. The lowest BCUT2D eigenvalue weighted by molar-refractivity contribution is -0.274. The maximum atomic E-state index is 15.6. The van der Waals surface area contributed by atoms with E-state index in [0.717, 1.165) is 42.5 Å². The zero-order valence-corrected chi connectivity index (χ0v) is 39.1. The van der Waals surface area contributed by atoms with E-state index in [1.165, 1.54) is 43.1 Å². The first-order chi connectivity index (χ1) is 34.4. The fraction of sp³-hybridized carbons (Fsp3) is 0.360. The van der Waals surface area contributed by atoms with E-state index in [4.69, 9.17) is 14.2 Å². The quantitative estimate of drug-likeness (QED) is 0.0805. The number of aryl methyl sites for hydroxylation is 1. The van der Waals surface area contributed by atoms with Crippen LogP contribution in [-0.4, -0.2) is 117 Å². The largest absolute Gasteiger partial charge is 0.573 e. The van der Waals surface area contributed by atoms with Gasteiger partial charge in [-0.25, -0.2) is 14.4 Å². The molecule has 0 radical (unpaired) electrons. The van der Waals surface area contributed by atoms with Crippen LogP contribution in [0.15, 0.2) is 77.9 Å². The smallest absolute Gasteiger partial charge is 0.493 e. The summed E-state index contributed by atoms with van der Waals surface area (Å²) in [6.45, 7) is 4.97. The molecule has 6 aromatic rings. The molecule has 2 aromatic heterocycles. The second kappa shape index (κ2) is 18.6. The standard InChI is InChI=1S/C50H48F4N8O10/c1-26-43(44(65)33-17-30(72-50(52,53)54)8-10-36(33)59(26)2)46(67)57-28-6-12-38(34(51)16-28)71-47-32-18-39(69-3)40(19-35(32)55-25-56-47)70-14-4-5-42(64)61-23-49(24-61)21-60(22-49)29-7-9-31-27(15-29)20-62(48(31)68)37-11-13-41(63)58-45(37)66/h6-10,12,15-19,25,37,41,45,58,63,66H,4-5,11,13-14,20-24H2,1-3H3,(H,57,67). The predicted octanol–water partition coefficient (Wildman–Crippen LogP) is 5.73. The summed E-state index contributed by atoms with van der Waals surface area (Å²) < 4.78 is 77.2. The van der Waals surface area contributed by atoms with E-state index in [1.807, 2.05) is 23.1 Å². The predicted molar refractivity (Wildman–Crippen MR) is 252 cm³/mol. The first-order valence-corrected chi connectivity index (χ1v) is 23.1. The lowest BCUT2D eigenvalue weighted by Crippen LogP contribution is -2.73. The number of anilines is 2. The van der Waals surface area contributed by atoms with E-state index < -0.39 is 47.8 Å². The lowest BCUT2D eigenvalue weighted by atomic mass is 9.72. The number of halogens is 4. The molecule has 3 atom stereocenters. The minimum Gasteiger partial charge on any atom is -0.493 e. The van der Waals surface area contributed by atoms with E-state index >= 15 is 4.39 Å². The van der Waals surface area contributed by atoms with Crippen LogP contribution in [0.3, 0.4) is 0 Å². The fourth-order valence-electron chi connectivity index (χ4n) is 10.1. The molecule has 376 valence electrons. The van der Waals surface area contributed by atoms with Crippen molar-refractivity contribution in [2.24, 2.45) is 12.5 Å². The summed E-state index contributed by atoms with van der Waals surface area (Å²) in [5, 5.41) is 25.7. The van der Waals surface area contributed by atoms with Crippen LogP contribution in [0, 0.1) is 18.2 Å². The first kappa shape index (κ1) is 48.1. The molecule has 3 unspecified atom stereocenters. The summed E-state index contributed by atoms with van der Waals surface area (Å²) in [5.41, 5.74) is 2.17. The molecule has 18 nitrogen and oxygen atoms in total. The number of aliphatic hydroxyl groups excluding tert-OH is 2. The third kappa shape index (κ3) is 9.16. The van der Waals surface area contributed by atoms with Crippen molar-refractivity contribution >= 4 is 50.9 Å². The molecule has 4 N–H and O–H groups in total. The van der Waals surface area contributed by atoms with E-state index in [0.29, 0.717) is 66.9 Å². The molecule has 0 bridgehead atoms. The van der Waals surface area contributed by atoms with Gasteiger partial charge in [0, 0.05) is 86.4 Å². The number of hydrogen-bond donors (Lipinski definition) is 4. The number of likely N-dealkylation sites (tertiary alicyclic amines) is 1. The highest BCUT2D eigenvalue weighted by atomic mass is 19.4. The van der Waals surface area contributed by atoms with Gasteiger partial charge in [-0.2, -0.15) is 0 Å². The first-order valence-electron chi connectivity index (χ1n) is 23.1. The number of carbonyl (C=O) groups is 3. The summed E-state index contributed by atoms with van der Waals surface area (Å²) in [7, 11) is 2.98. The molecule has 3 saturated heterocycles. The highest BCUT2D eigenvalue weighted by molar-refractivity contribution is 6.07. The van der Waals surface area contributed by atoms with Crippen molar-refractivity contribution in [3.8, 4) is 28.9 Å². The summed E-state index contributed by atoms with van der Waals surface area (Å²) in [6.07, 6.45) is -3.91. The van der Waals surface area contributed by atoms with Gasteiger partial charge in [-0.05, 0) is 86.3 Å². The molecule has 3 amide bonds. The molecule has 72 heavy (non-hydrogen) atoms. The Morgan fingerprint density at radius 1 is 0.931 bits per heavy atom. The number of benzene rings is 4. The van der Waals surface area contributed by atoms with Crippen LogP contribution in [0.4, 0.5) is 28.9 Å². The molecule has 4 aromatic carbocycles. The number of amides is 3. The van der Waals surface area contributed by atoms with Crippen LogP contribution in [0.5, 0.6) is 28.9 Å². The van der Waals surface area contributed by atoms with E-state index in [1.54, 1.807) is 24.1 Å². The van der Waals surface area contributed by atoms with E-state index in [9.17, 15) is 42.6 Å². The number of rotatable bonds is 13. The van der Waals surface area contributed by atoms with Gasteiger partial charge in [0.15, 0.2) is 23.1 Å². The molecular formula is C50H48F4N8O10. The van der Waals surface area contributed by atoms with Crippen LogP contribution in [0.1, 0.15) is 57.7 Å². The average Bonchev–Trinajstić information content (AvgIpc) is 3.63. The van der Waals surface area contributed by atoms with Gasteiger partial charge in [-0.15, -0.1) is 13.2 Å². The molecule has 10 rings (SSSR count). The monoisotopic (exact) mass is 996 g/mol. The zero-order chi connectivity index (χ0) is 50.8. The van der Waals surface area contributed by atoms with Crippen molar-refractivity contribution in [3.05, 3.63) is 111 Å². The van der Waals surface area contributed by atoms with Gasteiger partial charge in [-0.3, -0.25) is 24.5 Å². The van der Waals surface area contributed by atoms with Crippen LogP contribution in [0.25, 0.3) is 21.8 Å². The molecule has 4 aliphatic heterocycles. The Bertz CT molecular complexity index is 3230. The van der Waals surface area contributed by atoms with Gasteiger partial charge in [-0.1, -0.05) is 0 Å². The van der Waals surface area contributed by atoms with Crippen molar-refractivity contribution in [2.45, 2.75) is 64.0 Å². The lowest BCUT2D eigenvalue weighted by Gasteiger charge is -2.61. The topological polar surface area (TPSA) is 210 Å². The van der Waals surface area contributed by atoms with Gasteiger partial charge in [0.05, 0.1) is 41.6 Å². The molecule has 3 fully saturated rings. The Kier molecular flexibility index (Phi) is 12.4. The van der Waals surface area contributed by atoms with E-state index in [2.05, 4.69) is 30.2 Å². The Morgan fingerprint density at radius 3 is 2.46 bits per heavy atom. The molecule has 6 heterocycles. The second-order valence-corrected chi connectivity index (χ2v) is 18.6. The van der Waals surface area contributed by atoms with Crippen LogP contribution < -0.4 is 39.9 Å². The summed E-state index contributed by atoms with van der Waals surface area (Å²) in [5.74, 6) is -2.18. The molecule has 4 aliphatic rings. The molecule has 1 spiro atoms. The second-order valence-electron chi connectivity index (χ2n) is 18.6. The Labute approximate surface area is 407 Å². The molecule has 0 aliphatic carbocycles. The number of methoxy groups -OCH3 is 1.